The molecule has 1 amide bonds. The Morgan fingerprint density at radius 3 is 1.60 bits per heavy atom. The van der Waals surface area contributed by atoms with Crippen molar-refractivity contribution in [3.8, 4) is 34.3 Å². The lowest BCUT2D eigenvalue weighted by atomic mass is 10.2. The number of halogens is 2. The summed E-state index contributed by atoms with van der Waals surface area (Å²) < 4.78 is 87.5. The Morgan fingerprint density at radius 2 is 1.17 bits per heavy atom. The number of rotatable bonds is 11. The summed E-state index contributed by atoms with van der Waals surface area (Å²) in [5.74, 6) is -2.14. The highest BCUT2D eigenvalue weighted by Crippen LogP contribution is 2.27. The van der Waals surface area contributed by atoms with Crippen LogP contribution in [0.5, 0.6) is 11.5 Å². The molecule has 0 aliphatic carbocycles. The summed E-state index contributed by atoms with van der Waals surface area (Å²) >= 11 is 0. The van der Waals surface area contributed by atoms with Gasteiger partial charge in [0.15, 0.2) is 28.8 Å². The maximum absolute atomic E-state index is 13.8. The Kier molecular flexibility index (Phi) is 14.9. The average Bonchev–Trinajstić information content (AvgIpc) is 3.73. The van der Waals surface area contributed by atoms with Gasteiger partial charge in [0, 0.05) is 37.6 Å². The summed E-state index contributed by atoms with van der Waals surface area (Å²) in [6, 6.07) is 6.09. The normalized spacial score (nSPS) is 12.1. The standard InChI is InChI=1S/C17H17FN6O5S.C10H10N4O5S.C7H8FNO/c1-10(12-5-4-6-19-14(12)18)28-17(25)23-16-13(9-22-24(16)2)15-20-7-11(8-21-15)29-30(3,26)27;1-14-8(10(15)16)7(5-13-14)9-11-3-6(4-12-9)19-20(2,17)18;1-5(10)6-3-2-4-9-7(6)8/h4-10H,1-3H3,(H,23,25);3-5H,1-2H3,(H,15,16);2-5,10H,1H3/t10-;;5-/m1.1/s1. The number of carbonyl (C=O) groups is 2. The molecule has 6 heterocycles. The van der Waals surface area contributed by atoms with Gasteiger partial charge < -0.3 is 23.3 Å². The van der Waals surface area contributed by atoms with E-state index in [4.69, 9.17) is 14.9 Å². The number of pyridine rings is 2. The molecule has 22 nitrogen and oxygen atoms in total. The van der Waals surface area contributed by atoms with Crippen molar-refractivity contribution in [1.29, 1.82) is 0 Å². The lowest BCUT2D eigenvalue weighted by Gasteiger charge is -2.15. The number of nitrogens with zero attached hydrogens (tertiary/aromatic N) is 10. The molecule has 0 unspecified atom stereocenters. The van der Waals surface area contributed by atoms with Crippen molar-refractivity contribution in [2.45, 2.75) is 26.1 Å². The van der Waals surface area contributed by atoms with Gasteiger partial charge in [-0.25, -0.2) is 39.5 Å². The van der Waals surface area contributed by atoms with E-state index in [0.29, 0.717) is 5.56 Å². The van der Waals surface area contributed by atoms with E-state index in [1.165, 1.54) is 85.6 Å². The molecule has 0 fully saturated rings. The van der Waals surface area contributed by atoms with Crippen LogP contribution in [0.15, 0.2) is 73.8 Å². The van der Waals surface area contributed by atoms with Gasteiger partial charge in [0.25, 0.3) is 0 Å². The van der Waals surface area contributed by atoms with Crippen LogP contribution in [0.25, 0.3) is 22.8 Å². The maximum Gasteiger partial charge on any atom is 0.413 e. The molecule has 60 heavy (non-hydrogen) atoms. The quantitative estimate of drug-likeness (QED) is 0.124. The molecular weight excluding hydrogens is 841 g/mol. The number of ether oxygens (including phenoxy) is 1. The minimum Gasteiger partial charge on any atom is -0.477 e. The summed E-state index contributed by atoms with van der Waals surface area (Å²) in [5.41, 5.74) is 0.874. The fourth-order valence-electron chi connectivity index (χ4n) is 4.71. The van der Waals surface area contributed by atoms with E-state index in [-0.39, 0.29) is 51.3 Å². The molecule has 0 saturated carbocycles. The third kappa shape index (κ3) is 13.0. The van der Waals surface area contributed by atoms with Gasteiger partial charge in [-0.1, -0.05) is 6.07 Å². The number of nitrogens with one attached hydrogen (secondary N) is 1. The molecule has 0 aliphatic rings. The monoisotopic (exact) mass is 875 g/mol. The van der Waals surface area contributed by atoms with E-state index < -0.39 is 56.4 Å². The Labute approximate surface area is 340 Å². The zero-order valence-electron chi connectivity index (χ0n) is 32.2. The molecule has 6 rings (SSSR count). The van der Waals surface area contributed by atoms with Gasteiger partial charge in [-0.2, -0.15) is 35.8 Å². The third-order valence-corrected chi connectivity index (χ3v) is 8.27. The first-order valence-corrected chi connectivity index (χ1v) is 20.3. The number of aromatic carboxylic acids is 1. The number of hydrogen-bond acceptors (Lipinski definition) is 18. The largest absolute Gasteiger partial charge is 0.477 e. The molecule has 0 aliphatic heterocycles. The second-order valence-electron chi connectivity index (χ2n) is 12.0. The predicted molar refractivity (Wildman–Crippen MR) is 204 cm³/mol. The average molecular weight is 876 g/mol. The Balaban J connectivity index is 0.000000226. The van der Waals surface area contributed by atoms with Crippen molar-refractivity contribution in [2.24, 2.45) is 14.1 Å². The molecule has 3 N–H and O–H groups in total. The summed E-state index contributed by atoms with van der Waals surface area (Å²) in [7, 11) is -4.32. The van der Waals surface area contributed by atoms with Gasteiger partial charge >= 0.3 is 32.3 Å². The van der Waals surface area contributed by atoms with Crippen LogP contribution in [0.3, 0.4) is 0 Å². The Morgan fingerprint density at radius 1 is 0.717 bits per heavy atom. The van der Waals surface area contributed by atoms with E-state index in [2.05, 4.69) is 53.8 Å². The van der Waals surface area contributed by atoms with Crippen LogP contribution < -0.4 is 13.7 Å². The number of anilines is 1. The van der Waals surface area contributed by atoms with Crippen LogP contribution in [0.2, 0.25) is 0 Å². The first-order chi connectivity index (χ1) is 28.1. The number of aliphatic hydroxyl groups is 1. The predicted octanol–water partition coefficient (Wildman–Crippen LogP) is 3.25. The molecule has 318 valence electrons. The van der Waals surface area contributed by atoms with Crippen LogP contribution >= 0.6 is 0 Å². The lowest BCUT2D eigenvalue weighted by Crippen LogP contribution is -2.19. The number of aromatic nitrogens is 10. The van der Waals surface area contributed by atoms with Crippen LogP contribution in [-0.4, -0.2) is 101 Å². The molecule has 0 aromatic carbocycles. The van der Waals surface area contributed by atoms with E-state index in [0.717, 1.165) is 24.9 Å². The third-order valence-electron chi connectivity index (χ3n) is 7.28. The van der Waals surface area contributed by atoms with E-state index in [1.807, 2.05) is 0 Å². The van der Waals surface area contributed by atoms with Gasteiger partial charge in [0.1, 0.15) is 11.9 Å². The molecule has 26 heteroatoms. The number of aliphatic hydroxyl groups excluding tert-OH is 1. The van der Waals surface area contributed by atoms with Gasteiger partial charge in [0.05, 0.1) is 66.9 Å². The number of hydrogen-bond donors (Lipinski definition) is 3. The summed E-state index contributed by atoms with van der Waals surface area (Å²) in [5, 5.41) is 28.4. The number of carboxylic acids is 1. The van der Waals surface area contributed by atoms with Crippen LogP contribution in [0, 0.1) is 11.9 Å². The molecule has 0 spiro atoms. The zero-order chi connectivity index (χ0) is 44.4. The molecular formula is C34H35F2N11O11S2. The zero-order valence-corrected chi connectivity index (χ0v) is 33.8. The second-order valence-corrected chi connectivity index (χ2v) is 15.2. The van der Waals surface area contributed by atoms with Crippen molar-refractivity contribution in [3.63, 3.8) is 0 Å². The molecule has 0 saturated heterocycles. The van der Waals surface area contributed by atoms with Gasteiger partial charge in [0.2, 0.25) is 11.9 Å². The van der Waals surface area contributed by atoms with E-state index in [1.54, 1.807) is 13.1 Å². The minimum atomic E-state index is -3.71. The van der Waals surface area contributed by atoms with Gasteiger partial charge in [-0.3, -0.25) is 14.7 Å². The van der Waals surface area contributed by atoms with Crippen molar-refractivity contribution in [2.75, 3.05) is 17.8 Å². The van der Waals surface area contributed by atoms with Crippen molar-refractivity contribution in [3.05, 3.63) is 103 Å². The number of aryl methyl sites for hydroxylation is 2. The van der Waals surface area contributed by atoms with Crippen LogP contribution in [0.1, 0.15) is 47.7 Å². The SMILES string of the molecule is C[C@@H](O)c1cccnc1F.C[C@@H](OC(=O)Nc1c(-c2ncc(OS(C)(=O)=O)cn2)cnn1C)c1cccnc1F.Cn1ncc(-c2ncc(OS(C)(=O)=O)cn2)c1C(=O)O. The van der Waals surface area contributed by atoms with Crippen molar-refractivity contribution < 1.29 is 58.5 Å². The first kappa shape index (κ1) is 45.6. The Hall–Kier alpha value is -7.06. The number of amides is 1. The molecule has 0 radical (unpaired) electrons. The summed E-state index contributed by atoms with van der Waals surface area (Å²) in [6.45, 7) is 3.01. The van der Waals surface area contributed by atoms with Gasteiger partial charge in [-0.15, -0.1) is 0 Å². The van der Waals surface area contributed by atoms with E-state index in [9.17, 15) is 35.2 Å². The first-order valence-electron chi connectivity index (χ1n) is 16.7. The molecule has 6 aromatic heterocycles. The fraction of sp³-hybridized carbons (Fsp3) is 0.235. The minimum absolute atomic E-state index is 0.0583. The highest BCUT2D eigenvalue weighted by atomic mass is 32.2. The molecule has 0 bridgehead atoms. The molecule has 2 atom stereocenters. The van der Waals surface area contributed by atoms with Crippen LogP contribution in [0.4, 0.5) is 19.4 Å². The van der Waals surface area contributed by atoms with Gasteiger partial charge in [-0.05, 0) is 32.0 Å². The summed E-state index contributed by atoms with van der Waals surface area (Å²) in [4.78, 5) is 46.1. The smallest absolute Gasteiger partial charge is 0.413 e. The fourth-order valence-corrected chi connectivity index (χ4v) is 5.58. The topological polar surface area (TPSA) is 296 Å². The summed E-state index contributed by atoms with van der Waals surface area (Å²) in [6.07, 6.45) is 9.25. The number of carbonyl (C=O) groups excluding carboxylic acids is 1. The maximum atomic E-state index is 13.8. The second kappa shape index (κ2) is 19.6. The number of carboxylic acid groups (broad SMARTS) is 1. The van der Waals surface area contributed by atoms with E-state index >= 15 is 0 Å². The lowest BCUT2D eigenvalue weighted by molar-refractivity contribution is 0.0685. The highest BCUT2D eigenvalue weighted by Gasteiger charge is 2.22. The van der Waals surface area contributed by atoms with Crippen molar-refractivity contribution >= 4 is 38.1 Å². The highest BCUT2D eigenvalue weighted by molar-refractivity contribution is 7.86. The molecule has 6 aromatic rings. The van der Waals surface area contributed by atoms with Crippen molar-refractivity contribution in [1.82, 2.24) is 49.5 Å². The van der Waals surface area contributed by atoms with Crippen LogP contribution in [-0.2, 0) is 39.1 Å². The Bertz CT molecular complexity index is 2660.